The van der Waals surface area contributed by atoms with E-state index in [1.54, 1.807) is 23.1 Å². The van der Waals surface area contributed by atoms with E-state index in [9.17, 15) is 4.79 Å². The number of piperazine rings is 1. The first-order valence-electron chi connectivity index (χ1n) is 13.0. The monoisotopic (exact) mass is 523 g/mol. The molecule has 6 rings (SSSR count). The SMILES string of the molecule is CSc1cnc(N[C@H]2CC[C@H](Nc3nc4ccc(C(=O)N5CCN6CCCC[C@H]6C5)cc4s3)C2)nc1. The van der Waals surface area contributed by atoms with Gasteiger partial charge in [0.15, 0.2) is 5.13 Å². The highest BCUT2D eigenvalue weighted by molar-refractivity contribution is 7.98. The van der Waals surface area contributed by atoms with Gasteiger partial charge in [-0.15, -0.1) is 11.8 Å². The third-order valence-corrected chi connectivity index (χ3v) is 9.35. The summed E-state index contributed by atoms with van der Waals surface area (Å²) >= 11 is 3.29. The van der Waals surface area contributed by atoms with Crippen LogP contribution < -0.4 is 10.6 Å². The van der Waals surface area contributed by atoms with Crippen LogP contribution in [0.4, 0.5) is 11.1 Å². The van der Waals surface area contributed by atoms with Crippen molar-refractivity contribution in [2.75, 3.05) is 43.1 Å². The fourth-order valence-corrected chi connectivity index (χ4v) is 7.04. The minimum atomic E-state index is 0.155. The normalized spacial score (nSPS) is 24.6. The zero-order chi connectivity index (χ0) is 24.5. The molecule has 3 aromatic rings. The maximum absolute atomic E-state index is 13.3. The van der Waals surface area contributed by atoms with Gasteiger partial charge in [-0.05, 0) is 63.1 Å². The van der Waals surface area contributed by atoms with Gasteiger partial charge in [-0.2, -0.15) is 0 Å². The molecule has 36 heavy (non-hydrogen) atoms. The van der Waals surface area contributed by atoms with Crippen LogP contribution in [0, 0.1) is 0 Å². The molecule has 10 heteroatoms. The standard InChI is InChI=1S/C26H33N7OS2/c1-35-21-14-27-25(28-15-21)29-18-6-7-19(13-18)30-26-31-22-8-5-17(12-23(22)36-26)24(34)33-11-10-32-9-3-2-4-20(32)16-33/h5,8,12,14-15,18-20H,2-4,6-7,9-11,13,16H2,1H3,(H,30,31)(H,27,28,29)/t18-,19-,20-/m0/s1. The van der Waals surface area contributed by atoms with E-state index in [-0.39, 0.29) is 5.91 Å². The summed E-state index contributed by atoms with van der Waals surface area (Å²) in [6.45, 7) is 3.87. The number of rotatable bonds is 6. The molecule has 3 aliphatic rings. The maximum atomic E-state index is 13.3. The molecule has 4 heterocycles. The van der Waals surface area contributed by atoms with Crippen LogP contribution in [-0.4, -0.2) is 81.2 Å². The van der Waals surface area contributed by atoms with Crippen molar-refractivity contribution >= 4 is 50.3 Å². The Kier molecular flexibility index (Phi) is 6.99. The van der Waals surface area contributed by atoms with Crippen LogP contribution in [0.3, 0.4) is 0 Å². The van der Waals surface area contributed by atoms with Crippen molar-refractivity contribution in [3.8, 4) is 0 Å². The minimum absolute atomic E-state index is 0.155. The molecule has 1 saturated carbocycles. The number of hydrogen-bond donors (Lipinski definition) is 2. The topological polar surface area (TPSA) is 86.3 Å². The van der Waals surface area contributed by atoms with E-state index >= 15 is 0 Å². The van der Waals surface area contributed by atoms with Crippen LogP contribution in [-0.2, 0) is 0 Å². The first-order chi connectivity index (χ1) is 17.6. The molecular formula is C26H33N7OS2. The van der Waals surface area contributed by atoms with Crippen molar-refractivity contribution in [1.82, 2.24) is 24.8 Å². The summed E-state index contributed by atoms with van der Waals surface area (Å²) in [5, 5.41) is 8.03. The molecule has 2 N–H and O–H groups in total. The predicted molar refractivity (Wildman–Crippen MR) is 147 cm³/mol. The molecule has 1 aromatic carbocycles. The Morgan fingerprint density at radius 3 is 2.72 bits per heavy atom. The van der Waals surface area contributed by atoms with Gasteiger partial charge in [0.25, 0.3) is 5.91 Å². The second-order valence-corrected chi connectivity index (χ2v) is 12.0. The van der Waals surface area contributed by atoms with Gasteiger partial charge in [0, 0.05) is 60.6 Å². The zero-order valence-electron chi connectivity index (χ0n) is 20.7. The van der Waals surface area contributed by atoms with Crippen LogP contribution in [0.5, 0.6) is 0 Å². The molecule has 190 valence electrons. The van der Waals surface area contributed by atoms with Crippen LogP contribution in [0.25, 0.3) is 10.2 Å². The molecule has 2 aliphatic heterocycles. The number of thioether (sulfide) groups is 1. The van der Waals surface area contributed by atoms with E-state index in [2.05, 4.69) is 30.4 Å². The van der Waals surface area contributed by atoms with E-state index in [0.717, 1.165) is 64.7 Å². The first-order valence-corrected chi connectivity index (χ1v) is 15.0. The number of amides is 1. The van der Waals surface area contributed by atoms with Crippen LogP contribution in [0.15, 0.2) is 35.5 Å². The lowest BCUT2D eigenvalue weighted by Crippen LogP contribution is -2.56. The van der Waals surface area contributed by atoms with E-state index in [0.29, 0.717) is 24.1 Å². The Bertz CT molecular complexity index is 1220. The van der Waals surface area contributed by atoms with Crippen LogP contribution in [0.2, 0.25) is 0 Å². The number of benzene rings is 1. The van der Waals surface area contributed by atoms with Crippen molar-refractivity contribution in [3.63, 3.8) is 0 Å². The highest BCUT2D eigenvalue weighted by Crippen LogP contribution is 2.31. The van der Waals surface area contributed by atoms with E-state index in [4.69, 9.17) is 4.98 Å². The van der Waals surface area contributed by atoms with Gasteiger partial charge in [-0.1, -0.05) is 17.8 Å². The second kappa shape index (κ2) is 10.5. The lowest BCUT2D eigenvalue weighted by atomic mass is 9.99. The Morgan fingerprint density at radius 2 is 1.89 bits per heavy atom. The number of hydrogen-bond acceptors (Lipinski definition) is 9. The van der Waals surface area contributed by atoms with Gasteiger partial charge >= 0.3 is 0 Å². The summed E-state index contributed by atoms with van der Waals surface area (Å²) in [6, 6.07) is 7.22. The van der Waals surface area contributed by atoms with Crippen LogP contribution >= 0.6 is 23.1 Å². The van der Waals surface area contributed by atoms with Gasteiger partial charge in [-0.25, -0.2) is 15.0 Å². The van der Waals surface area contributed by atoms with Crippen molar-refractivity contribution in [2.45, 2.75) is 61.5 Å². The molecule has 0 spiro atoms. The molecule has 0 unspecified atom stereocenters. The highest BCUT2D eigenvalue weighted by atomic mass is 32.2. The van der Waals surface area contributed by atoms with Gasteiger partial charge < -0.3 is 15.5 Å². The van der Waals surface area contributed by atoms with Crippen molar-refractivity contribution in [1.29, 1.82) is 0 Å². The Labute approximate surface area is 220 Å². The van der Waals surface area contributed by atoms with E-state index in [1.165, 1.54) is 25.8 Å². The minimum Gasteiger partial charge on any atom is -0.359 e. The van der Waals surface area contributed by atoms with Gasteiger partial charge in [0.2, 0.25) is 5.95 Å². The van der Waals surface area contributed by atoms with Crippen molar-refractivity contribution in [2.24, 2.45) is 0 Å². The third-order valence-electron chi connectivity index (χ3n) is 7.72. The summed E-state index contributed by atoms with van der Waals surface area (Å²) in [5.41, 5.74) is 1.73. The number of nitrogens with zero attached hydrogens (tertiary/aromatic N) is 5. The largest absolute Gasteiger partial charge is 0.359 e. The molecule has 2 aromatic heterocycles. The maximum Gasteiger partial charge on any atom is 0.254 e. The zero-order valence-corrected chi connectivity index (χ0v) is 22.3. The Balaban J connectivity index is 1.07. The summed E-state index contributed by atoms with van der Waals surface area (Å²) in [5.74, 6) is 0.850. The molecule has 0 bridgehead atoms. The number of nitrogens with one attached hydrogen (secondary N) is 2. The number of fused-ring (bicyclic) bond motifs is 2. The van der Waals surface area contributed by atoms with Crippen molar-refractivity contribution < 1.29 is 4.79 Å². The summed E-state index contributed by atoms with van der Waals surface area (Å²) < 4.78 is 1.06. The molecule has 8 nitrogen and oxygen atoms in total. The third kappa shape index (κ3) is 5.17. The highest BCUT2D eigenvalue weighted by Gasteiger charge is 2.31. The first kappa shape index (κ1) is 23.9. The fraction of sp³-hybridized carbons (Fsp3) is 0.538. The van der Waals surface area contributed by atoms with Gasteiger partial charge in [0.05, 0.1) is 10.2 Å². The number of thiazole rings is 1. The molecule has 1 amide bonds. The van der Waals surface area contributed by atoms with Gasteiger partial charge in [-0.3, -0.25) is 9.69 Å². The summed E-state index contributed by atoms with van der Waals surface area (Å²) in [7, 11) is 0. The average molecular weight is 524 g/mol. The van der Waals surface area contributed by atoms with Crippen LogP contribution in [0.1, 0.15) is 48.9 Å². The molecule has 2 saturated heterocycles. The summed E-state index contributed by atoms with van der Waals surface area (Å²) in [4.78, 5) is 32.6. The smallest absolute Gasteiger partial charge is 0.254 e. The predicted octanol–water partition coefficient (Wildman–Crippen LogP) is 4.56. The van der Waals surface area contributed by atoms with E-state index in [1.807, 2.05) is 36.8 Å². The molecule has 1 aliphatic carbocycles. The Morgan fingerprint density at radius 1 is 1.06 bits per heavy atom. The number of piperidine rings is 1. The molecular weight excluding hydrogens is 490 g/mol. The van der Waals surface area contributed by atoms with E-state index < -0.39 is 0 Å². The molecule has 3 atom stereocenters. The number of carbonyl (C=O) groups excluding carboxylic acids is 1. The van der Waals surface area contributed by atoms with Crippen molar-refractivity contribution in [3.05, 3.63) is 36.2 Å². The summed E-state index contributed by atoms with van der Waals surface area (Å²) in [6.07, 6.45) is 12.7. The second-order valence-electron chi connectivity index (χ2n) is 10.1. The molecule has 3 fully saturated rings. The quantitative estimate of drug-likeness (QED) is 0.455. The Hall–Kier alpha value is -2.43. The van der Waals surface area contributed by atoms with Gasteiger partial charge in [0.1, 0.15) is 0 Å². The number of anilines is 2. The number of carbonyl (C=O) groups is 1. The average Bonchev–Trinajstić information content (AvgIpc) is 3.54. The fourth-order valence-electron chi connectivity index (χ4n) is 5.74. The lowest BCUT2D eigenvalue weighted by Gasteiger charge is -2.44. The number of aromatic nitrogens is 3. The lowest BCUT2D eigenvalue weighted by molar-refractivity contribution is 0.0372. The molecule has 0 radical (unpaired) electrons.